The standard InChI is InChI=1S/C20H38NO12P2.5CH4.Ac/c1-12(2)7-6-8-13(3)9-10-29-34(25,26)33-35(27,28)32-20-17(21)19(30-15(5)14(4)23)18(24)16(11-22)31-20;;;;;;/h7,13,15-22,24H,6,8-11H2,1-5H3,(H,25,26)(H,27,28);5*1H4;/q-1;;;;;;/p-2. The Morgan fingerprint density at radius 1 is 1.05 bits per heavy atom. The molecule has 0 spiro atoms. The van der Waals surface area contributed by atoms with Gasteiger partial charge in [-0.05, 0) is 52.9 Å². The van der Waals surface area contributed by atoms with Crippen molar-refractivity contribution in [2.75, 3.05) is 13.2 Å². The first-order valence-electron chi connectivity index (χ1n) is 11.2. The van der Waals surface area contributed by atoms with Crippen LogP contribution in [0.3, 0.4) is 0 Å². The van der Waals surface area contributed by atoms with E-state index in [-0.39, 0.29) is 93.7 Å². The van der Waals surface area contributed by atoms with Gasteiger partial charge in [0, 0.05) is 44.1 Å². The summed E-state index contributed by atoms with van der Waals surface area (Å²) in [5.74, 6) is -0.320. The Morgan fingerprint density at radius 3 is 2.05 bits per heavy atom. The fourth-order valence-electron chi connectivity index (χ4n) is 3.11. The summed E-state index contributed by atoms with van der Waals surface area (Å²) in [7, 11) is -11.0. The molecule has 0 aromatic rings. The summed E-state index contributed by atoms with van der Waals surface area (Å²) in [6.07, 6.45) is -3.60. The van der Waals surface area contributed by atoms with E-state index in [1.807, 2.05) is 26.8 Å². The Labute approximate surface area is 284 Å². The maximum atomic E-state index is 12.2. The SMILES string of the molecule is C.C.C.C.C.CC(=O)C(C)OC1C([NH-])C(OP(=O)([O-])OP(=O)([O-])OCCC(C)CCC=C(C)C)OC(CO)C1O.[Ac]. The van der Waals surface area contributed by atoms with Crippen molar-refractivity contribution < 1.29 is 101 Å². The fraction of sp³-hybridized carbons (Fsp3) is 0.880. The predicted molar refractivity (Wildman–Crippen MR) is 154 cm³/mol. The number of hydrogen-bond donors (Lipinski definition) is 2. The molecule has 1 aliphatic heterocycles. The molecule has 0 saturated carbocycles. The molecule has 0 amide bonds. The molecule has 1 rings (SSSR count). The van der Waals surface area contributed by atoms with Crippen molar-refractivity contribution in [1.29, 1.82) is 0 Å². The minimum atomic E-state index is -5.64. The molecule has 249 valence electrons. The number of ether oxygens (including phenoxy) is 2. The fourth-order valence-corrected chi connectivity index (χ4v) is 5.20. The molecule has 0 aromatic heterocycles. The van der Waals surface area contributed by atoms with Gasteiger partial charge in [0.1, 0.15) is 18.3 Å². The molecule has 1 saturated heterocycles. The zero-order valence-electron chi connectivity index (χ0n) is 21.1. The van der Waals surface area contributed by atoms with Gasteiger partial charge in [0.25, 0.3) is 15.6 Å². The van der Waals surface area contributed by atoms with Gasteiger partial charge in [-0.15, -0.1) is 0 Å². The minimum Gasteiger partial charge on any atom is -0.756 e. The maximum Gasteiger partial charge on any atom is 0.276 e. The Bertz CT molecular complexity index is 815. The average molecular weight is 852 g/mol. The van der Waals surface area contributed by atoms with Gasteiger partial charge in [0.2, 0.25) is 0 Å². The van der Waals surface area contributed by atoms with E-state index in [0.29, 0.717) is 6.42 Å². The van der Waals surface area contributed by atoms with Gasteiger partial charge >= 0.3 is 0 Å². The number of allylic oxidation sites excluding steroid dienone is 2. The van der Waals surface area contributed by atoms with Crippen LogP contribution >= 0.6 is 15.6 Å². The van der Waals surface area contributed by atoms with E-state index in [0.717, 1.165) is 12.8 Å². The van der Waals surface area contributed by atoms with Crippen LogP contribution in [0.4, 0.5) is 0 Å². The number of nitrogens with one attached hydrogen (secondary N) is 1. The molecule has 9 atom stereocenters. The average Bonchev–Trinajstić information content (AvgIpc) is 2.71. The van der Waals surface area contributed by atoms with Crippen LogP contribution in [0, 0.1) is 50.0 Å². The molecule has 9 unspecified atom stereocenters. The number of phosphoric acid groups is 2. The van der Waals surface area contributed by atoms with Crippen molar-refractivity contribution in [3.8, 4) is 0 Å². The third-order valence-corrected chi connectivity index (χ3v) is 7.86. The van der Waals surface area contributed by atoms with E-state index in [2.05, 4.69) is 13.4 Å². The van der Waals surface area contributed by atoms with Gasteiger partial charge < -0.3 is 39.7 Å². The van der Waals surface area contributed by atoms with Crippen molar-refractivity contribution in [3.63, 3.8) is 0 Å². The normalized spacial score (nSPS) is 25.7. The van der Waals surface area contributed by atoms with Gasteiger partial charge in [-0.25, -0.2) is 4.31 Å². The predicted octanol–water partition coefficient (Wildman–Crippen LogP) is 4.79. The molecule has 0 aromatic carbocycles. The first-order chi connectivity index (χ1) is 16.1. The van der Waals surface area contributed by atoms with Crippen LogP contribution in [-0.2, 0) is 36.8 Å². The molecular formula is C25H56AcNO12P2-3. The van der Waals surface area contributed by atoms with Crippen LogP contribution in [0.1, 0.15) is 91.0 Å². The molecule has 0 bridgehead atoms. The van der Waals surface area contributed by atoms with Crippen LogP contribution in [0.25, 0.3) is 5.73 Å². The summed E-state index contributed by atoms with van der Waals surface area (Å²) in [6.45, 7) is 7.28. The van der Waals surface area contributed by atoms with Crippen LogP contribution < -0.4 is 9.79 Å². The molecule has 13 nitrogen and oxygen atoms in total. The summed E-state index contributed by atoms with van der Waals surface area (Å²) in [5.41, 5.74) is 9.31. The van der Waals surface area contributed by atoms with Crippen LogP contribution in [-0.4, -0.2) is 66.0 Å². The van der Waals surface area contributed by atoms with Crippen LogP contribution in [0.5, 0.6) is 0 Å². The molecule has 1 radical (unpaired) electrons. The number of ketones is 1. The molecule has 1 fully saturated rings. The van der Waals surface area contributed by atoms with E-state index in [1.54, 1.807) is 0 Å². The van der Waals surface area contributed by atoms with Crippen molar-refractivity contribution in [2.24, 2.45) is 5.92 Å². The second-order valence-corrected chi connectivity index (χ2v) is 11.7. The smallest absolute Gasteiger partial charge is 0.276 e. The van der Waals surface area contributed by atoms with Crippen molar-refractivity contribution in [2.45, 2.75) is 128 Å². The number of hydrogen-bond acceptors (Lipinski definition) is 12. The molecule has 3 N–H and O–H groups in total. The number of aliphatic hydroxyl groups is 2. The second kappa shape index (κ2) is 25.1. The molecule has 1 heterocycles. The zero-order chi connectivity index (χ0) is 27.0. The van der Waals surface area contributed by atoms with E-state index in [4.69, 9.17) is 15.2 Å². The van der Waals surface area contributed by atoms with Gasteiger partial charge in [-0.1, -0.05) is 61.7 Å². The number of rotatable bonds is 15. The maximum absolute atomic E-state index is 12.2. The summed E-state index contributed by atoms with van der Waals surface area (Å²) < 4.78 is 47.9. The van der Waals surface area contributed by atoms with Crippen molar-refractivity contribution in [3.05, 3.63) is 17.4 Å². The summed E-state index contributed by atoms with van der Waals surface area (Å²) in [6, 6.07) is -1.74. The third kappa shape index (κ3) is 20.5. The number of aliphatic hydroxyl groups excluding tert-OH is 2. The summed E-state index contributed by atoms with van der Waals surface area (Å²) >= 11 is 0. The number of phosphoric ester groups is 2. The van der Waals surface area contributed by atoms with E-state index >= 15 is 0 Å². The van der Waals surface area contributed by atoms with Gasteiger partial charge in [0.15, 0.2) is 12.1 Å². The molecular weight excluding hydrogens is 795 g/mol. The Kier molecular flexibility index (Phi) is 33.4. The molecule has 16 heteroatoms. The monoisotopic (exact) mass is 851 g/mol. The van der Waals surface area contributed by atoms with Gasteiger partial charge in [-0.3, -0.25) is 18.4 Å². The molecule has 1 aliphatic rings. The van der Waals surface area contributed by atoms with Crippen LogP contribution in [0.2, 0.25) is 0 Å². The van der Waals surface area contributed by atoms with Crippen molar-refractivity contribution >= 4 is 21.4 Å². The zero-order valence-corrected chi connectivity index (χ0v) is 27.6. The molecule has 0 aliphatic carbocycles. The van der Waals surface area contributed by atoms with E-state index < -0.39 is 64.8 Å². The quantitative estimate of drug-likeness (QED) is 0.169. The second-order valence-electron chi connectivity index (χ2n) is 8.76. The van der Waals surface area contributed by atoms with E-state index in [1.165, 1.54) is 19.4 Å². The molecule has 41 heavy (non-hydrogen) atoms. The largest absolute Gasteiger partial charge is 0.756 e. The topological polar surface area (TPSA) is 208 Å². The van der Waals surface area contributed by atoms with E-state index in [9.17, 15) is 33.9 Å². The van der Waals surface area contributed by atoms with Crippen LogP contribution in [0.15, 0.2) is 11.6 Å². The Hall–Kier alpha value is 0.912. The first-order valence-corrected chi connectivity index (χ1v) is 14.1. The summed E-state index contributed by atoms with van der Waals surface area (Å²) in [4.78, 5) is 35.7. The van der Waals surface area contributed by atoms with Crippen molar-refractivity contribution in [1.82, 2.24) is 0 Å². The third-order valence-electron chi connectivity index (χ3n) is 5.29. The number of carbonyl (C=O) groups excluding carboxylic acids is 1. The Balaban J connectivity index is -0.000000510. The number of carbonyl (C=O) groups is 1. The van der Waals surface area contributed by atoms with Gasteiger partial charge in [0.05, 0.1) is 19.3 Å². The van der Waals surface area contributed by atoms with Gasteiger partial charge in [-0.2, -0.15) is 0 Å². The number of Topliss-reactive ketones (excluding diaryl/α,β-unsaturated/α-hetero) is 1. The Morgan fingerprint density at radius 2 is 1.59 bits per heavy atom. The summed E-state index contributed by atoms with van der Waals surface area (Å²) in [5, 5.41) is 19.7. The first kappa shape index (κ1) is 54.4. The minimum absolute atomic E-state index is 0.